The highest BCUT2D eigenvalue weighted by molar-refractivity contribution is 5.92. The second-order valence-corrected chi connectivity index (χ2v) is 7.62. The highest BCUT2D eigenvalue weighted by Crippen LogP contribution is 2.32. The number of anilines is 1. The lowest BCUT2D eigenvalue weighted by molar-refractivity contribution is -0.131. The summed E-state index contributed by atoms with van der Waals surface area (Å²) < 4.78 is 18.4. The van der Waals surface area contributed by atoms with Crippen molar-refractivity contribution in [1.82, 2.24) is 15.2 Å². The molecule has 1 aliphatic carbocycles. The summed E-state index contributed by atoms with van der Waals surface area (Å²) in [5.41, 5.74) is 1.22. The van der Waals surface area contributed by atoms with Crippen LogP contribution < -0.4 is 10.2 Å². The van der Waals surface area contributed by atoms with Crippen molar-refractivity contribution in [2.75, 3.05) is 37.6 Å². The van der Waals surface area contributed by atoms with Gasteiger partial charge in [0.05, 0.1) is 0 Å². The number of nitrogens with zero attached hydrogens (tertiary/aromatic N) is 3. The largest absolute Gasteiger partial charge is 0.448 e. The molecule has 1 aliphatic heterocycles. The number of hydrogen-bond donors (Lipinski definition) is 1. The van der Waals surface area contributed by atoms with Gasteiger partial charge in [0, 0.05) is 51.3 Å². The number of carbonyl (C=O) groups excluding carboxylic acids is 2. The van der Waals surface area contributed by atoms with Crippen LogP contribution >= 0.6 is 0 Å². The molecule has 0 bridgehead atoms. The molecule has 4 rings (SSSR count). The fourth-order valence-electron chi connectivity index (χ4n) is 3.48. The van der Waals surface area contributed by atoms with Crippen LogP contribution in [0.1, 0.15) is 35.6 Å². The molecule has 0 unspecified atom stereocenters. The zero-order valence-electron chi connectivity index (χ0n) is 16.3. The molecule has 8 heteroatoms. The summed E-state index contributed by atoms with van der Waals surface area (Å²) in [5, 5.41) is 2.74. The molecule has 2 aliphatic rings. The minimum atomic E-state index is -0.315. The lowest BCUT2D eigenvalue weighted by atomic mass is 10.2. The van der Waals surface area contributed by atoms with Crippen molar-refractivity contribution >= 4 is 17.5 Å². The number of halogens is 1. The fourth-order valence-corrected chi connectivity index (χ4v) is 3.48. The van der Waals surface area contributed by atoms with Gasteiger partial charge in [-0.15, -0.1) is 0 Å². The Kier molecular flexibility index (Phi) is 5.78. The van der Waals surface area contributed by atoms with Crippen molar-refractivity contribution in [2.45, 2.75) is 25.7 Å². The third-order valence-electron chi connectivity index (χ3n) is 5.39. The zero-order valence-corrected chi connectivity index (χ0v) is 16.3. The first-order chi connectivity index (χ1) is 14.1. The van der Waals surface area contributed by atoms with E-state index in [-0.39, 0.29) is 36.3 Å². The van der Waals surface area contributed by atoms with E-state index in [1.807, 2.05) is 0 Å². The van der Waals surface area contributed by atoms with E-state index in [1.54, 1.807) is 17.0 Å². The van der Waals surface area contributed by atoms with Crippen molar-refractivity contribution < 1.29 is 18.4 Å². The van der Waals surface area contributed by atoms with E-state index in [1.165, 1.54) is 31.2 Å². The van der Waals surface area contributed by atoms with E-state index >= 15 is 0 Å². The molecule has 0 radical (unpaired) electrons. The third kappa shape index (κ3) is 5.13. The summed E-state index contributed by atoms with van der Waals surface area (Å²) in [7, 11) is 0. The van der Waals surface area contributed by atoms with E-state index in [0.29, 0.717) is 38.0 Å². The van der Waals surface area contributed by atoms with Crippen LogP contribution in [0.4, 0.5) is 10.1 Å². The Labute approximate surface area is 168 Å². The van der Waals surface area contributed by atoms with Gasteiger partial charge in [-0.1, -0.05) is 0 Å². The predicted molar refractivity (Wildman–Crippen MR) is 105 cm³/mol. The maximum Gasteiger partial charge on any atom is 0.273 e. The zero-order chi connectivity index (χ0) is 20.2. The Morgan fingerprint density at radius 2 is 1.86 bits per heavy atom. The van der Waals surface area contributed by atoms with Gasteiger partial charge in [0.15, 0.2) is 11.6 Å². The quantitative estimate of drug-likeness (QED) is 0.771. The van der Waals surface area contributed by atoms with Crippen molar-refractivity contribution in [3.8, 4) is 0 Å². The molecule has 1 aromatic heterocycles. The van der Waals surface area contributed by atoms with E-state index < -0.39 is 0 Å². The average Bonchev–Trinajstić information content (AvgIpc) is 3.42. The molecule has 7 nitrogen and oxygen atoms in total. The number of benzene rings is 1. The topological polar surface area (TPSA) is 78.7 Å². The van der Waals surface area contributed by atoms with Crippen LogP contribution in [0.25, 0.3) is 0 Å². The van der Waals surface area contributed by atoms with Gasteiger partial charge in [-0.2, -0.15) is 0 Å². The van der Waals surface area contributed by atoms with E-state index in [9.17, 15) is 14.0 Å². The maximum absolute atomic E-state index is 13.0. The minimum absolute atomic E-state index is 0.0126. The normalized spacial score (nSPS) is 16.7. The minimum Gasteiger partial charge on any atom is -0.448 e. The number of carbonyl (C=O) groups is 2. The summed E-state index contributed by atoms with van der Waals surface area (Å²) >= 11 is 0. The smallest absolute Gasteiger partial charge is 0.273 e. The molecular weight excluding hydrogens is 375 g/mol. The molecule has 2 amide bonds. The molecule has 2 fully saturated rings. The summed E-state index contributed by atoms with van der Waals surface area (Å²) in [5.74, 6) is 0.691. The van der Waals surface area contributed by atoms with Crippen molar-refractivity contribution in [3.05, 3.63) is 47.9 Å². The molecule has 1 saturated heterocycles. The first-order valence-corrected chi connectivity index (χ1v) is 10.1. The Balaban J connectivity index is 1.17. The van der Waals surface area contributed by atoms with Gasteiger partial charge >= 0.3 is 0 Å². The third-order valence-corrected chi connectivity index (χ3v) is 5.39. The summed E-state index contributed by atoms with van der Waals surface area (Å²) in [6, 6.07) is 6.39. The Hall–Kier alpha value is -2.90. The molecule has 2 aromatic rings. The van der Waals surface area contributed by atoms with Gasteiger partial charge in [0.2, 0.25) is 5.91 Å². The molecule has 0 spiro atoms. The molecule has 1 N–H and O–H groups in total. The fraction of sp³-hybridized carbons (Fsp3) is 0.476. The Morgan fingerprint density at radius 3 is 2.55 bits per heavy atom. The molecule has 0 atom stereocenters. The van der Waals surface area contributed by atoms with Crippen molar-refractivity contribution in [1.29, 1.82) is 0 Å². The summed E-state index contributed by atoms with van der Waals surface area (Å²) in [4.78, 5) is 32.7. The number of nitrogens with one attached hydrogen (secondary N) is 1. The standard InChI is InChI=1S/C21H25FN4O3/c22-16-3-5-17(6-4-16)25-9-11-26(12-10-25)20(27)7-8-23-21(28)18-14-29-19(24-18)13-15-1-2-15/h3-6,14-15H,1-2,7-13H2,(H,23,28). The predicted octanol–water partition coefficient (Wildman–Crippen LogP) is 2.23. The second-order valence-electron chi connectivity index (χ2n) is 7.62. The Morgan fingerprint density at radius 1 is 1.14 bits per heavy atom. The molecule has 1 saturated carbocycles. The number of oxazole rings is 1. The maximum atomic E-state index is 13.0. The summed E-state index contributed by atoms with van der Waals surface area (Å²) in [6.07, 6.45) is 4.81. The van der Waals surface area contributed by atoms with Crippen molar-refractivity contribution in [3.63, 3.8) is 0 Å². The Bertz CT molecular complexity index is 855. The highest BCUT2D eigenvalue weighted by atomic mass is 19.1. The monoisotopic (exact) mass is 400 g/mol. The van der Waals surface area contributed by atoms with Crippen LogP contribution in [-0.2, 0) is 11.2 Å². The second kappa shape index (κ2) is 8.63. The number of hydrogen-bond acceptors (Lipinski definition) is 5. The van der Waals surface area contributed by atoms with Gasteiger partial charge in [-0.3, -0.25) is 9.59 Å². The van der Waals surface area contributed by atoms with Crippen LogP contribution in [0.2, 0.25) is 0 Å². The SMILES string of the molecule is O=C(NCCC(=O)N1CCN(c2ccc(F)cc2)CC1)c1coc(CC2CC2)n1. The number of piperazine rings is 1. The van der Waals surface area contributed by atoms with E-state index in [0.717, 1.165) is 12.1 Å². The molecule has 1 aromatic carbocycles. The van der Waals surface area contributed by atoms with Gasteiger partial charge in [-0.05, 0) is 43.0 Å². The first kappa shape index (κ1) is 19.4. The van der Waals surface area contributed by atoms with Gasteiger partial charge in [0.25, 0.3) is 5.91 Å². The lowest BCUT2D eigenvalue weighted by Crippen LogP contribution is -2.49. The number of amides is 2. The van der Waals surface area contributed by atoms with E-state index in [2.05, 4.69) is 15.2 Å². The van der Waals surface area contributed by atoms with E-state index in [4.69, 9.17) is 4.42 Å². The number of rotatable bonds is 7. The van der Waals surface area contributed by atoms with Crippen LogP contribution in [0.15, 0.2) is 34.9 Å². The van der Waals surface area contributed by atoms with Gasteiger partial charge in [0.1, 0.15) is 12.1 Å². The van der Waals surface area contributed by atoms with Crippen LogP contribution in [0.5, 0.6) is 0 Å². The van der Waals surface area contributed by atoms with Crippen LogP contribution in [0.3, 0.4) is 0 Å². The average molecular weight is 400 g/mol. The van der Waals surface area contributed by atoms with Crippen LogP contribution in [0, 0.1) is 11.7 Å². The molecule has 2 heterocycles. The molecule has 29 heavy (non-hydrogen) atoms. The highest BCUT2D eigenvalue weighted by Gasteiger charge is 2.25. The molecule has 154 valence electrons. The van der Waals surface area contributed by atoms with Crippen molar-refractivity contribution in [2.24, 2.45) is 5.92 Å². The van der Waals surface area contributed by atoms with Crippen LogP contribution in [-0.4, -0.2) is 54.4 Å². The van der Waals surface area contributed by atoms with Gasteiger partial charge in [-0.25, -0.2) is 9.37 Å². The number of aromatic nitrogens is 1. The summed E-state index contributed by atoms with van der Waals surface area (Å²) in [6.45, 7) is 2.88. The molecular formula is C21H25FN4O3. The van der Waals surface area contributed by atoms with Gasteiger partial charge < -0.3 is 19.5 Å². The first-order valence-electron chi connectivity index (χ1n) is 10.1. The lowest BCUT2D eigenvalue weighted by Gasteiger charge is -2.36.